The Hall–Kier alpha value is -3.65. The number of methoxy groups -OCH3 is 1. The van der Waals surface area contributed by atoms with Crippen LogP contribution in [0.4, 0.5) is 5.69 Å². The minimum Gasteiger partial charge on any atom is -0.496 e. The molecule has 9 heteroatoms. The largest absolute Gasteiger partial charge is 0.496 e. The molecule has 0 aliphatic rings. The summed E-state index contributed by atoms with van der Waals surface area (Å²) in [7, 11) is 1.43. The predicted molar refractivity (Wildman–Crippen MR) is 104 cm³/mol. The van der Waals surface area contributed by atoms with Gasteiger partial charge in [-0.05, 0) is 29.0 Å². The van der Waals surface area contributed by atoms with E-state index >= 15 is 0 Å². The number of nitro benzene ring substituents is 1. The average molecular weight is 400 g/mol. The molecule has 0 saturated heterocycles. The van der Waals surface area contributed by atoms with E-state index in [1.54, 1.807) is 12.1 Å². The Morgan fingerprint density at radius 3 is 2.18 bits per heavy atom. The lowest BCUT2D eigenvalue weighted by molar-refractivity contribution is -0.384. The lowest BCUT2D eigenvalue weighted by Crippen LogP contribution is -2.41. The van der Waals surface area contributed by atoms with Crippen molar-refractivity contribution in [1.29, 1.82) is 0 Å². The van der Waals surface area contributed by atoms with Crippen LogP contribution in [0, 0.1) is 10.1 Å². The number of hydrogen-bond acceptors (Lipinski definition) is 5. The fourth-order valence-electron chi connectivity index (χ4n) is 2.61. The molecule has 2 amide bonds. The Labute approximate surface area is 164 Å². The van der Waals surface area contributed by atoms with Gasteiger partial charge in [-0.25, -0.2) is 0 Å². The molecule has 142 valence electrons. The molecular weight excluding hydrogens is 386 g/mol. The summed E-state index contributed by atoms with van der Waals surface area (Å²) >= 11 is 5.92. The highest BCUT2D eigenvalue weighted by Gasteiger charge is 2.18. The lowest BCUT2D eigenvalue weighted by Gasteiger charge is -2.12. The van der Waals surface area contributed by atoms with Gasteiger partial charge in [0.15, 0.2) is 0 Å². The second kappa shape index (κ2) is 7.93. The van der Waals surface area contributed by atoms with Gasteiger partial charge in [0.05, 0.1) is 28.2 Å². The number of nitrogens with one attached hydrogen (secondary N) is 2. The number of non-ortho nitro benzene ring substituents is 1. The summed E-state index contributed by atoms with van der Waals surface area (Å²) in [5, 5.41) is 12.6. The Bertz CT molecular complexity index is 1100. The number of carbonyl (C=O) groups is 2. The highest BCUT2D eigenvalue weighted by Crippen LogP contribution is 2.26. The van der Waals surface area contributed by atoms with E-state index in [1.165, 1.54) is 19.2 Å². The molecule has 0 spiro atoms. The van der Waals surface area contributed by atoms with Gasteiger partial charge in [-0.3, -0.25) is 30.6 Å². The summed E-state index contributed by atoms with van der Waals surface area (Å²) in [6.45, 7) is 0. The fraction of sp³-hybridized carbons (Fsp3) is 0.0526. The van der Waals surface area contributed by atoms with E-state index in [2.05, 4.69) is 10.9 Å². The van der Waals surface area contributed by atoms with Crippen LogP contribution >= 0.6 is 11.6 Å². The molecule has 2 N–H and O–H groups in total. The van der Waals surface area contributed by atoms with Crippen LogP contribution in [0.3, 0.4) is 0 Å². The van der Waals surface area contributed by atoms with Crippen molar-refractivity contribution in [2.45, 2.75) is 0 Å². The molecule has 0 atom stereocenters. The summed E-state index contributed by atoms with van der Waals surface area (Å²) in [5.74, 6) is -1.07. The molecule has 3 aromatic carbocycles. The number of fused-ring (bicyclic) bond motifs is 1. The van der Waals surface area contributed by atoms with E-state index in [-0.39, 0.29) is 21.8 Å². The monoisotopic (exact) mass is 399 g/mol. The number of carbonyl (C=O) groups excluding carboxylic acids is 2. The molecule has 0 saturated carbocycles. The third-order valence-corrected chi connectivity index (χ3v) is 4.34. The topological polar surface area (TPSA) is 111 Å². The Morgan fingerprint density at radius 2 is 1.57 bits per heavy atom. The molecule has 0 radical (unpaired) electrons. The first-order chi connectivity index (χ1) is 13.4. The van der Waals surface area contributed by atoms with E-state index in [0.29, 0.717) is 5.75 Å². The van der Waals surface area contributed by atoms with Gasteiger partial charge in [0, 0.05) is 12.1 Å². The quantitative estimate of drug-likeness (QED) is 0.515. The van der Waals surface area contributed by atoms with Crippen LogP contribution in [0.1, 0.15) is 20.7 Å². The van der Waals surface area contributed by atoms with Crippen molar-refractivity contribution in [2.24, 2.45) is 0 Å². The van der Waals surface area contributed by atoms with Gasteiger partial charge in [-0.15, -0.1) is 0 Å². The van der Waals surface area contributed by atoms with Crippen molar-refractivity contribution in [3.05, 3.63) is 80.9 Å². The number of rotatable bonds is 4. The van der Waals surface area contributed by atoms with E-state index in [4.69, 9.17) is 16.3 Å². The Morgan fingerprint density at radius 1 is 0.964 bits per heavy atom. The van der Waals surface area contributed by atoms with Gasteiger partial charge in [-0.1, -0.05) is 35.9 Å². The number of hydrogen-bond donors (Lipinski definition) is 2. The van der Waals surface area contributed by atoms with Crippen molar-refractivity contribution in [2.75, 3.05) is 7.11 Å². The van der Waals surface area contributed by atoms with Crippen LogP contribution in [0.25, 0.3) is 10.8 Å². The lowest BCUT2D eigenvalue weighted by atomic mass is 10.1. The third-order valence-electron chi connectivity index (χ3n) is 4.01. The maximum absolute atomic E-state index is 12.5. The zero-order chi connectivity index (χ0) is 20.3. The highest BCUT2D eigenvalue weighted by atomic mass is 35.5. The van der Waals surface area contributed by atoms with Crippen LogP contribution in [-0.4, -0.2) is 23.8 Å². The summed E-state index contributed by atoms with van der Waals surface area (Å²) in [6, 6.07) is 14.2. The highest BCUT2D eigenvalue weighted by molar-refractivity contribution is 6.34. The van der Waals surface area contributed by atoms with E-state index in [1.807, 2.05) is 24.3 Å². The number of halogens is 1. The van der Waals surface area contributed by atoms with E-state index in [0.717, 1.165) is 16.8 Å². The summed E-state index contributed by atoms with van der Waals surface area (Å²) < 4.78 is 5.26. The molecule has 0 aliphatic carbocycles. The number of ether oxygens (including phenoxy) is 1. The number of benzene rings is 3. The number of hydrazine groups is 1. The first kappa shape index (κ1) is 19.1. The molecule has 28 heavy (non-hydrogen) atoms. The smallest absolute Gasteiger partial charge is 0.273 e. The molecule has 8 nitrogen and oxygen atoms in total. The molecular formula is C19H14ClN3O5. The zero-order valence-corrected chi connectivity index (χ0v) is 15.3. The van der Waals surface area contributed by atoms with Crippen LogP contribution in [-0.2, 0) is 0 Å². The van der Waals surface area contributed by atoms with Gasteiger partial charge >= 0.3 is 0 Å². The molecule has 0 bridgehead atoms. The Balaban J connectivity index is 1.81. The van der Waals surface area contributed by atoms with Crippen LogP contribution in [0.2, 0.25) is 5.02 Å². The SMILES string of the molecule is COc1cc2ccccc2cc1C(=O)NNC(=O)c1cc([N+](=O)[O-])ccc1Cl. The summed E-state index contributed by atoms with van der Waals surface area (Å²) in [5.41, 5.74) is 4.25. The zero-order valence-electron chi connectivity index (χ0n) is 14.6. The normalized spacial score (nSPS) is 10.4. The van der Waals surface area contributed by atoms with Crippen molar-refractivity contribution in [1.82, 2.24) is 10.9 Å². The van der Waals surface area contributed by atoms with Gasteiger partial charge in [0.2, 0.25) is 0 Å². The van der Waals surface area contributed by atoms with Gasteiger partial charge in [0.1, 0.15) is 5.75 Å². The molecule has 0 unspecified atom stereocenters. The molecule has 0 aromatic heterocycles. The summed E-state index contributed by atoms with van der Waals surface area (Å²) in [6.07, 6.45) is 0. The molecule has 3 rings (SSSR count). The maximum atomic E-state index is 12.5. The first-order valence-corrected chi connectivity index (χ1v) is 8.40. The number of nitro groups is 1. The van der Waals surface area contributed by atoms with Gasteiger partial charge in [-0.2, -0.15) is 0 Å². The second-order valence-corrected chi connectivity index (χ2v) is 6.14. The predicted octanol–water partition coefficient (Wildman–Crippen LogP) is 3.48. The third kappa shape index (κ3) is 3.86. The average Bonchev–Trinajstić information content (AvgIpc) is 2.70. The van der Waals surface area contributed by atoms with E-state index in [9.17, 15) is 19.7 Å². The maximum Gasteiger partial charge on any atom is 0.273 e. The van der Waals surface area contributed by atoms with Crippen molar-refractivity contribution < 1.29 is 19.2 Å². The van der Waals surface area contributed by atoms with Crippen molar-refractivity contribution >= 4 is 39.9 Å². The molecule has 0 fully saturated rings. The van der Waals surface area contributed by atoms with Crippen LogP contribution < -0.4 is 15.6 Å². The van der Waals surface area contributed by atoms with E-state index < -0.39 is 16.7 Å². The molecule has 3 aromatic rings. The molecule has 0 heterocycles. The van der Waals surface area contributed by atoms with Crippen molar-refractivity contribution in [3.8, 4) is 5.75 Å². The first-order valence-electron chi connectivity index (χ1n) is 8.02. The second-order valence-electron chi connectivity index (χ2n) is 5.73. The summed E-state index contributed by atoms with van der Waals surface area (Å²) in [4.78, 5) is 35.0. The van der Waals surface area contributed by atoms with Gasteiger partial charge < -0.3 is 4.74 Å². The standard InChI is InChI=1S/C19H14ClN3O5/c1-28-17-9-12-5-3-2-4-11(12)8-15(17)19(25)22-21-18(24)14-10-13(23(26)27)6-7-16(14)20/h2-10H,1H3,(H,21,24)(H,22,25). The Kier molecular flexibility index (Phi) is 5.42. The van der Waals surface area contributed by atoms with Crippen molar-refractivity contribution in [3.63, 3.8) is 0 Å². The van der Waals surface area contributed by atoms with Crippen LogP contribution in [0.15, 0.2) is 54.6 Å². The minimum absolute atomic E-state index is 0.0145. The van der Waals surface area contributed by atoms with Crippen LogP contribution in [0.5, 0.6) is 5.75 Å². The number of nitrogens with zero attached hydrogens (tertiary/aromatic N) is 1. The van der Waals surface area contributed by atoms with Gasteiger partial charge in [0.25, 0.3) is 17.5 Å². The number of amides is 2. The fourth-order valence-corrected chi connectivity index (χ4v) is 2.82. The molecule has 0 aliphatic heterocycles. The minimum atomic E-state index is -0.790.